The van der Waals surface area contributed by atoms with Gasteiger partial charge in [-0.15, -0.1) is 0 Å². The lowest BCUT2D eigenvalue weighted by Crippen LogP contribution is -2.07. The molecule has 0 atom stereocenters. The summed E-state index contributed by atoms with van der Waals surface area (Å²) in [7, 11) is 0. The highest BCUT2D eigenvalue weighted by Gasteiger charge is 2.28. The van der Waals surface area contributed by atoms with E-state index in [1.54, 1.807) is 42.5 Å². The van der Waals surface area contributed by atoms with Gasteiger partial charge < -0.3 is 13.9 Å². The van der Waals surface area contributed by atoms with Crippen LogP contribution in [-0.2, 0) is 0 Å². The van der Waals surface area contributed by atoms with Crippen LogP contribution >= 0.6 is 34.8 Å². The van der Waals surface area contributed by atoms with Gasteiger partial charge in [0.2, 0.25) is 11.5 Å². The third-order valence-corrected chi connectivity index (χ3v) is 5.58. The molecule has 2 heterocycles. The molecule has 5 rings (SSSR count). The molecule has 1 aliphatic rings. The number of hydrogen-bond donors (Lipinski definition) is 0. The van der Waals surface area contributed by atoms with Crippen molar-refractivity contribution in [3.63, 3.8) is 0 Å². The molecule has 8 heteroatoms. The molecule has 1 aliphatic heterocycles. The summed E-state index contributed by atoms with van der Waals surface area (Å²) in [6.07, 6.45) is 1.53. The average molecular weight is 486 g/mol. The van der Waals surface area contributed by atoms with Crippen molar-refractivity contribution in [1.29, 1.82) is 0 Å². The summed E-state index contributed by atoms with van der Waals surface area (Å²) in [6.45, 7) is 0. The second-order valence-corrected chi connectivity index (χ2v) is 8.23. The number of halogens is 3. The largest absolute Gasteiger partial charge is 0.452 e. The molecule has 0 amide bonds. The van der Waals surface area contributed by atoms with E-state index in [0.717, 1.165) is 0 Å². The van der Waals surface area contributed by atoms with Crippen LogP contribution in [0, 0.1) is 0 Å². The number of furan rings is 1. The summed E-state index contributed by atoms with van der Waals surface area (Å²) in [5, 5.41) is 2.09. The molecule has 0 saturated carbocycles. The lowest BCUT2D eigenvalue weighted by molar-refractivity contribution is 0.0703. The van der Waals surface area contributed by atoms with Gasteiger partial charge in [-0.05, 0) is 60.2 Å². The fourth-order valence-electron chi connectivity index (χ4n) is 3.26. The predicted molar refractivity (Wildman–Crippen MR) is 122 cm³/mol. The number of carbonyl (C=O) groups excluding carboxylic acids is 2. The first-order valence-corrected chi connectivity index (χ1v) is 10.5. The maximum atomic E-state index is 12.7. The molecule has 0 bridgehead atoms. The van der Waals surface area contributed by atoms with E-state index in [1.165, 1.54) is 24.3 Å². The zero-order valence-corrected chi connectivity index (χ0v) is 18.3. The van der Waals surface area contributed by atoms with Crippen molar-refractivity contribution >= 4 is 63.6 Å². The number of rotatable bonds is 3. The first kappa shape index (κ1) is 20.6. The van der Waals surface area contributed by atoms with Gasteiger partial charge in [-0.25, -0.2) is 4.79 Å². The number of benzene rings is 3. The Bertz CT molecular complexity index is 1450. The van der Waals surface area contributed by atoms with Crippen molar-refractivity contribution in [1.82, 2.24) is 0 Å². The number of esters is 1. The molecule has 0 N–H and O–H groups in total. The number of ketones is 1. The van der Waals surface area contributed by atoms with Crippen molar-refractivity contribution in [2.45, 2.75) is 0 Å². The highest BCUT2D eigenvalue weighted by atomic mass is 35.5. The van der Waals surface area contributed by atoms with Crippen LogP contribution in [0.3, 0.4) is 0 Å². The molecule has 0 saturated heterocycles. The van der Waals surface area contributed by atoms with E-state index in [-0.39, 0.29) is 28.8 Å². The molecule has 3 aromatic carbocycles. The Balaban J connectivity index is 1.38. The molecular weight excluding hydrogens is 475 g/mol. The molecule has 32 heavy (non-hydrogen) atoms. The van der Waals surface area contributed by atoms with Crippen molar-refractivity contribution in [2.75, 3.05) is 0 Å². The molecule has 1 aromatic heterocycles. The number of allylic oxidation sites excluding steroid dienone is 1. The van der Waals surface area contributed by atoms with Gasteiger partial charge in [0.1, 0.15) is 17.1 Å². The van der Waals surface area contributed by atoms with Crippen molar-refractivity contribution in [3.05, 3.63) is 98.4 Å². The summed E-state index contributed by atoms with van der Waals surface area (Å²) in [5.74, 6) is -0.401. The van der Waals surface area contributed by atoms with Gasteiger partial charge in [-0.3, -0.25) is 4.79 Å². The number of Topliss-reactive ketones (excluding diaryl/α,β-unsaturated/α-hetero) is 1. The average Bonchev–Trinajstić information content (AvgIpc) is 3.31. The molecule has 5 nitrogen and oxygen atoms in total. The lowest BCUT2D eigenvalue weighted by atomic mass is 10.1. The number of fused-ring (bicyclic) bond motifs is 2. The van der Waals surface area contributed by atoms with E-state index in [2.05, 4.69) is 0 Å². The zero-order chi connectivity index (χ0) is 22.4. The Morgan fingerprint density at radius 1 is 0.906 bits per heavy atom. The standard InChI is InChI=1S/C24H11Cl3O5/c25-14-3-6-19-13(7-14)9-22(31-19)24(29)30-16-4-5-17-20(11-16)32-21(23(17)28)8-12-1-2-15(26)10-18(12)27/h1-11H/b21-8-. The van der Waals surface area contributed by atoms with Crippen LogP contribution in [0.5, 0.6) is 11.5 Å². The molecule has 4 aromatic rings. The van der Waals surface area contributed by atoms with E-state index >= 15 is 0 Å². The van der Waals surface area contributed by atoms with Crippen LogP contribution in [0.2, 0.25) is 15.1 Å². The smallest absolute Gasteiger partial charge is 0.379 e. The lowest BCUT2D eigenvalue weighted by Gasteiger charge is -2.04. The molecule has 0 spiro atoms. The van der Waals surface area contributed by atoms with E-state index in [9.17, 15) is 9.59 Å². The zero-order valence-electron chi connectivity index (χ0n) is 16.0. The van der Waals surface area contributed by atoms with Gasteiger partial charge in [0.25, 0.3) is 0 Å². The molecule has 0 aliphatic carbocycles. The Morgan fingerprint density at radius 2 is 1.69 bits per heavy atom. The molecular formula is C24H11Cl3O5. The van der Waals surface area contributed by atoms with Gasteiger partial charge >= 0.3 is 5.97 Å². The van der Waals surface area contributed by atoms with Crippen LogP contribution in [0.4, 0.5) is 0 Å². The van der Waals surface area contributed by atoms with Gasteiger partial charge in [0, 0.05) is 26.5 Å². The van der Waals surface area contributed by atoms with E-state index in [4.69, 9.17) is 48.7 Å². The third kappa shape index (κ3) is 3.86. The Morgan fingerprint density at radius 3 is 2.50 bits per heavy atom. The highest BCUT2D eigenvalue weighted by molar-refractivity contribution is 6.35. The van der Waals surface area contributed by atoms with E-state index < -0.39 is 5.97 Å². The minimum atomic E-state index is -0.690. The Kier molecular flexibility index (Phi) is 5.18. The summed E-state index contributed by atoms with van der Waals surface area (Å²) in [6, 6.07) is 16.0. The SMILES string of the molecule is O=C(Oc1ccc2c(c1)O/C(=C\c1ccc(Cl)cc1Cl)C2=O)c1cc2cc(Cl)ccc2o1. The van der Waals surface area contributed by atoms with Crippen LogP contribution in [0.15, 0.2) is 70.8 Å². The fraction of sp³-hybridized carbons (Fsp3) is 0. The second-order valence-electron chi connectivity index (χ2n) is 6.95. The normalized spacial score (nSPS) is 14.0. The second kappa shape index (κ2) is 8.02. The first-order valence-electron chi connectivity index (χ1n) is 9.32. The van der Waals surface area contributed by atoms with Gasteiger partial charge in [-0.2, -0.15) is 0 Å². The number of hydrogen-bond acceptors (Lipinski definition) is 5. The minimum absolute atomic E-state index is 0.0257. The minimum Gasteiger partial charge on any atom is -0.452 e. The fourth-order valence-corrected chi connectivity index (χ4v) is 3.91. The van der Waals surface area contributed by atoms with Gasteiger partial charge in [0.05, 0.1) is 5.56 Å². The molecule has 158 valence electrons. The first-order chi connectivity index (χ1) is 15.4. The summed E-state index contributed by atoms with van der Waals surface area (Å²) in [4.78, 5) is 25.2. The van der Waals surface area contributed by atoms with Crippen molar-refractivity contribution in [2.24, 2.45) is 0 Å². The quantitative estimate of drug-likeness (QED) is 0.174. The van der Waals surface area contributed by atoms with E-state index in [1.807, 2.05) is 0 Å². The Hall–Kier alpha value is -3.25. The van der Waals surface area contributed by atoms with Crippen LogP contribution in [0.25, 0.3) is 17.0 Å². The maximum absolute atomic E-state index is 12.7. The highest BCUT2D eigenvalue weighted by Crippen LogP contribution is 2.36. The summed E-state index contributed by atoms with van der Waals surface area (Å²) in [5.41, 5.74) is 1.45. The summed E-state index contributed by atoms with van der Waals surface area (Å²) < 4.78 is 16.6. The van der Waals surface area contributed by atoms with Gasteiger partial charge in [0.15, 0.2) is 5.76 Å². The predicted octanol–water partition coefficient (Wildman–Crippen LogP) is 7.23. The van der Waals surface area contributed by atoms with Crippen LogP contribution in [0.1, 0.15) is 26.5 Å². The van der Waals surface area contributed by atoms with Crippen molar-refractivity contribution in [3.8, 4) is 11.5 Å². The molecule has 0 fully saturated rings. The number of ether oxygens (including phenoxy) is 2. The topological polar surface area (TPSA) is 65.7 Å². The molecule has 0 radical (unpaired) electrons. The Labute approximate surface area is 196 Å². The summed E-state index contributed by atoms with van der Waals surface area (Å²) >= 11 is 18.1. The van der Waals surface area contributed by atoms with Gasteiger partial charge in [-0.1, -0.05) is 40.9 Å². The van der Waals surface area contributed by atoms with Crippen LogP contribution < -0.4 is 9.47 Å². The van der Waals surface area contributed by atoms with E-state index in [0.29, 0.717) is 37.2 Å². The monoisotopic (exact) mass is 484 g/mol. The third-order valence-electron chi connectivity index (χ3n) is 4.78. The van der Waals surface area contributed by atoms with Crippen LogP contribution in [-0.4, -0.2) is 11.8 Å². The maximum Gasteiger partial charge on any atom is 0.379 e. The number of carbonyl (C=O) groups is 2. The van der Waals surface area contributed by atoms with Crippen molar-refractivity contribution < 1.29 is 23.5 Å². The molecule has 0 unspecified atom stereocenters.